The highest BCUT2D eigenvalue weighted by atomic mass is 16.5. The second kappa shape index (κ2) is 4.17. The van der Waals surface area contributed by atoms with E-state index < -0.39 is 5.60 Å². The Morgan fingerprint density at radius 1 is 1.14 bits per heavy atom. The molecule has 3 heteroatoms. The molecule has 0 amide bonds. The summed E-state index contributed by atoms with van der Waals surface area (Å²) in [6.45, 7) is 11.7. The highest BCUT2D eigenvalue weighted by Crippen LogP contribution is 2.26. The fourth-order valence-corrected chi connectivity index (χ4v) is 2.34. The van der Waals surface area contributed by atoms with E-state index in [-0.39, 0.29) is 5.54 Å². The summed E-state index contributed by atoms with van der Waals surface area (Å²) in [5, 5.41) is 9.83. The topological polar surface area (TPSA) is 32.7 Å². The minimum absolute atomic E-state index is 0.0576. The Morgan fingerprint density at radius 2 is 1.64 bits per heavy atom. The lowest BCUT2D eigenvalue weighted by Gasteiger charge is -2.43. The van der Waals surface area contributed by atoms with Crippen molar-refractivity contribution < 1.29 is 9.84 Å². The number of hydrogen-bond donors (Lipinski definition) is 1. The van der Waals surface area contributed by atoms with Crippen LogP contribution in [0.5, 0.6) is 0 Å². The van der Waals surface area contributed by atoms with Crippen LogP contribution in [0.3, 0.4) is 0 Å². The second-order valence-corrected chi connectivity index (χ2v) is 5.40. The maximum atomic E-state index is 9.83. The summed E-state index contributed by atoms with van der Waals surface area (Å²) in [7, 11) is 0. The first-order chi connectivity index (χ1) is 6.31. The molecule has 0 spiro atoms. The van der Waals surface area contributed by atoms with E-state index in [2.05, 4.69) is 18.7 Å². The maximum absolute atomic E-state index is 9.83. The number of ether oxygens (including phenoxy) is 1. The smallest absolute Gasteiger partial charge is 0.0609 e. The van der Waals surface area contributed by atoms with Gasteiger partial charge in [-0.15, -0.1) is 0 Å². The zero-order chi connectivity index (χ0) is 10.8. The van der Waals surface area contributed by atoms with Crippen LogP contribution in [-0.4, -0.2) is 47.4 Å². The van der Waals surface area contributed by atoms with Gasteiger partial charge in [0, 0.05) is 18.6 Å². The lowest BCUT2D eigenvalue weighted by atomic mass is 9.88. The van der Waals surface area contributed by atoms with Crippen LogP contribution in [0.4, 0.5) is 0 Å². The van der Waals surface area contributed by atoms with Crippen molar-refractivity contribution in [2.24, 2.45) is 0 Å². The van der Waals surface area contributed by atoms with Gasteiger partial charge >= 0.3 is 0 Å². The summed E-state index contributed by atoms with van der Waals surface area (Å²) in [5.74, 6) is 0. The van der Waals surface area contributed by atoms with E-state index in [1.165, 1.54) is 0 Å². The molecule has 0 unspecified atom stereocenters. The van der Waals surface area contributed by atoms with E-state index in [0.717, 1.165) is 32.7 Å². The van der Waals surface area contributed by atoms with Crippen molar-refractivity contribution >= 4 is 0 Å². The molecule has 1 saturated heterocycles. The fourth-order valence-electron chi connectivity index (χ4n) is 2.34. The Hall–Kier alpha value is -0.120. The first-order valence-electron chi connectivity index (χ1n) is 5.36. The predicted octanol–water partition coefficient (Wildman–Crippen LogP) is 1.26. The third-order valence-electron chi connectivity index (χ3n) is 2.73. The largest absolute Gasteiger partial charge is 0.390 e. The van der Waals surface area contributed by atoms with E-state index in [4.69, 9.17) is 4.74 Å². The van der Waals surface area contributed by atoms with Gasteiger partial charge in [-0.25, -0.2) is 0 Å². The summed E-state index contributed by atoms with van der Waals surface area (Å²) in [4.78, 5) is 2.40. The Morgan fingerprint density at radius 3 is 2.07 bits per heavy atom. The molecule has 0 bridgehead atoms. The summed E-state index contributed by atoms with van der Waals surface area (Å²) in [6, 6.07) is 0. The zero-order valence-corrected chi connectivity index (χ0v) is 9.84. The number of morpholine rings is 1. The lowest BCUT2D eigenvalue weighted by Crippen LogP contribution is -2.52. The van der Waals surface area contributed by atoms with Crippen LogP contribution < -0.4 is 0 Å². The Bertz CT molecular complexity index is 178. The summed E-state index contributed by atoms with van der Waals surface area (Å²) >= 11 is 0. The maximum Gasteiger partial charge on any atom is 0.0609 e. The first kappa shape index (κ1) is 12.0. The van der Waals surface area contributed by atoms with Gasteiger partial charge in [-0.3, -0.25) is 4.90 Å². The normalized spacial score (nSPS) is 21.2. The van der Waals surface area contributed by atoms with Gasteiger partial charge in [-0.05, 0) is 34.1 Å². The molecule has 1 N–H and O–H groups in total. The van der Waals surface area contributed by atoms with Crippen LogP contribution in [0, 0.1) is 0 Å². The Kier molecular flexibility index (Phi) is 3.56. The van der Waals surface area contributed by atoms with Crippen LogP contribution in [0.2, 0.25) is 0 Å². The van der Waals surface area contributed by atoms with E-state index >= 15 is 0 Å². The number of aliphatic hydroxyl groups is 1. The highest BCUT2D eigenvalue weighted by Gasteiger charge is 2.33. The van der Waals surface area contributed by atoms with Gasteiger partial charge in [0.25, 0.3) is 0 Å². The second-order valence-electron chi connectivity index (χ2n) is 5.40. The summed E-state index contributed by atoms with van der Waals surface area (Å²) < 4.78 is 5.32. The third-order valence-corrected chi connectivity index (χ3v) is 2.73. The van der Waals surface area contributed by atoms with Gasteiger partial charge < -0.3 is 9.84 Å². The molecule has 3 nitrogen and oxygen atoms in total. The minimum Gasteiger partial charge on any atom is -0.390 e. The lowest BCUT2D eigenvalue weighted by molar-refractivity contribution is -0.0453. The molecular formula is C11H23NO2. The quantitative estimate of drug-likeness (QED) is 0.746. The minimum atomic E-state index is -0.595. The molecule has 1 heterocycles. The van der Waals surface area contributed by atoms with Crippen molar-refractivity contribution in [2.75, 3.05) is 26.3 Å². The molecule has 1 rings (SSSR count). The number of rotatable bonds is 3. The van der Waals surface area contributed by atoms with E-state index in [1.54, 1.807) is 0 Å². The van der Waals surface area contributed by atoms with Gasteiger partial charge in [0.05, 0.1) is 18.8 Å². The van der Waals surface area contributed by atoms with Crippen molar-refractivity contribution in [2.45, 2.75) is 45.3 Å². The Labute approximate surface area is 87.1 Å². The van der Waals surface area contributed by atoms with E-state index in [0.29, 0.717) is 0 Å². The molecular weight excluding hydrogens is 178 g/mol. The van der Waals surface area contributed by atoms with E-state index in [1.807, 2.05) is 13.8 Å². The molecule has 0 aromatic heterocycles. The molecule has 0 aliphatic carbocycles. The third kappa shape index (κ3) is 3.56. The average molecular weight is 201 g/mol. The van der Waals surface area contributed by atoms with E-state index in [9.17, 15) is 5.11 Å². The average Bonchev–Trinajstić information content (AvgIpc) is 2.01. The van der Waals surface area contributed by atoms with Gasteiger partial charge in [-0.1, -0.05) is 0 Å². The first-order valence-corrected chi connectivity index (χ1v) is 5.36. The molecule has 0 radical (unpaired) electrons. The van der Waals surface area contributed by atoms with Crippen LogP contribution in [0.1, 0.15) is 34.1 Å². The summed E-state index contributed by atoms with van der Waals surface area (Å²) in [6.07, 6.45) is 0.792. The molecule has 0 saturated carbocycles. The SMILES string of the molecule is CC(C)(O)CC(C)(C)N1CCOCC1. The standard InChI is InChI=1S/C11H23NO2/c1-10(2,9-11(3,4)13)12-5-7-14-8-6-12/h13H,5-9H2,1-4H3. The number of nitrogens with zero attached hydrogens (tertiary/aromatic N) is 1. The molecule has 1 aliphatic heterocycles. The molecule has 1 fully saturated rings. The molecule has 0 aromatic carbocycles. The van der Waals surface area contributed by atoms with Gasteiger partial charge in [0.1, 0.15) is 0 Å². The van der Waals surface area contributed by atoms with Crippen molar-refractivity contribution in [3.8, 4) is 0 Å². The molecule has 14 heavy (non-hydrogen) atoms. The summed E-state index contributed by atoms with van der Waals surface area (Å²) in [5.41, 5.74) is -0.538. The predicted molar refractivity (Wildman–Crippen MR) is 57.4 cm³/mol. The van der Waals surface area contributed by atoms with Crippen molar-refractivity contribution in [3.05, 3.63) is 0 Å². The van der Waals surface area contributed by atoms with Gasteiger partial charge in [0.15, 0.2) is 0 Å². The Balaban J connectivity index is 2.54. The van der Waals surface area contributed by atoms with Gasteiger partial charge in [-0.2, -0.15) is 0 Å². The molecule has 0 aromatic rings. The van der Waals surface area contributed by atoms with Crippen molar-refractivity contribution in [1.82, 2.24) is 4.90 Å². The molecule has 84 valence electrons. The van der Waals surface area contributed by atoms with Gasteiger partial charge in [0.2, 0.25) is 0 Å². The van der Waals surface area contributed by atoms with Crippen molar-refractivity contribution in [3.63, 3.8) is 0 Å². The van der Waals surface area contributed by atoms with Crippen LogP contribution in [-0.2, 0) is 4.74 Å². The molecule has 1 aliphatic rings. The zero-order valence-electron chi connectivity index (χ0n) is 9.84. The van der Waals surface area contributed by atoms with Crippen LogP contribution >= 0.6 is 0 Å². The fraction of sp³-hybridized carbons (Fsp3) is 1.00. The highest BCUT2D eigenvalue weighted by molar-refractivity contribution is 4.88. The number of hydrogen-bond acceptors (Lipinski definition) is 3. The van der Waals surface area contributed by atoms with Crippen molar-refractivity contribution in [1.29, 1.82) is 0 Å². The van der Waals surface area contributed by atoms with Crippen LogP contribution in [0.25, 0.3) is 0 Å². The molecule has 0 atom stereocenters. The monoisotopic (exact) mass is 201 g/mol. The van der Waals surface area contributed by atoms with Crippen LogP contribution in [0.15, 0.2) is 0 Å².